The van der Waals surface area contributed by atoms with Crippen LogP contribution in [0, 0.1) is 0 Å². The second-order valence-electron chi connectivity index (χ2n) is 7.04. The third-order valence-electron chi connectivity index (χ3n) is 4.60. The van der Waals surface area contributed by atoms with Crippen LogP contribution in [0.3, 0.4) is 0 Å². The number of amides is 2. The molecule has 3 N–H and O–H groups in total. The van der Waals surface area contributed by atoms with E-state index in [1.807, 2.05) is 0 Å². The maximum Gasteiger partial charge on any atom is 0.326 e. The summed E-state index contributed by atoms with van der Waals surface area (Å²) in [4.78, 5) is 38.0. The van der Waals surface area contributed by atoms with E-state index in [2.05, 4.69) is 25.6 Å². The van der Waals surface area contributed by atoms with Crippen LogP contribution in [-0.2, 0) is 11.3 Å². The van der Waals surface area contributed by atoms with Gasteiger partial charge in [-0.3, -0.25) is 10.1 Å². The number of methoxy groups -OCH3 is 2. The van der Waals surface area contributed by atoms with Crippen molar-refractivity contribution in [2.24, 2.45) is 0 Å². The number of carboxylic acid groups (broad SMARTS) is 1. The molecule has 0 radical (unpaired) electrons. The second-order valence-corrected chi connectivity index (χ2v) is 7.85. The molecule has 0 spiro atoms. The molecule has 0 fully saturated rings. The van der Waals surface area contributed by atoms with E-state index in [9.17, 15) is 14.7 Å². The van der Waals surface area contributed by atoms with Gasteiger partial charge in [0.2, 0.25) is 11.9 Å². The highest BCUT2D eigenvalue weighted by Crippen LogP contribution is 2.25. The SMILES string of the molecule is COc1nc(NC(=O)Nc2ccccc2OC)nc(N(CCC(=O)O)Cc2ccc(Cl)c(Cl)c2)n1. The van der Waals surface area contributed by atoms with Crippen molar-refractivity contribution in [3.8, 4) is 11.8 Å². The zero-order chi connectivity index (χ0) is 25.4. The summed E-state index contributed by atoms with van der Waals surface area (Å²) in [5, 5.41) is 15.1. The maximum absolute atomic E-state index is 12.6. The highest BCUT2D eigenvalue weighted by Gasteiger charge is 2.18. The molecule has 0 aliphatic heterocycles. The Hall–Kier alpha value is -3.83. The Morgan fingerprint density at radius 2 is 1.77 bits per heavy atom. The predicted molar refractivity (Wildman–Crippen MR) is 132 cm³/mol. The molecule has 0 bridgehead atoms. The fourth-order valence-electron chi connectivity index (χ4n) is 2.98. The molecule has 1 aromatic heterocycles. The van der Waals surface area contributed by atoms with Gasteiger partial charge in [-0.25, -0.2) is 4.79 Å². The molecular formula is C22H22Cl2N6O5. The molecule has 2 aromatic carbocycles. The number of rotatable bonds is 10. The summed E-state index contributed by atoms with van der Waals surface area (Å²) in [5.41, 5.74) is 1.18. The summed E-state index contributed by atoms with van der Waals surface area (Å²) in [6, 6.07) is 11.2. The third-order valence-corrected chi connectivity index (χ3v) is 5.34. The minimum Gasteiger partial charge on any atom is -0.495 e. The van der Waals surface area contributed by atoms with E-state index in [-0.39, 0.29) is 37.4 Å². The number of aliphatic carboxylic acids is 1. The van der Waals surface area contributed by atoms with Gasteiger partial charge in [0.15, 0.2) is 0 Å². The summed E-state index contributed by atoms with van der Waals surface area (Å²) in [5.74, 6) is -0.539. The minimum atomic E-state index is -1.00. The number of hydrogen-bond acceptors (Lipinski definition) is 8. The number of carbonyl (C=O) groups excluding carboxylic acids is 1. The number of carboxylic acids is 1. The first-order valence-electron chi connectivity index (χ1n) is 10.2. The summed E-state index contributed by atoms with van der Waals surface area (Å²) in [6.45, 7) is 0.278. The molecule has 0 unspecified atom stereocenters. The molecule has 0 saturated heterocycles. The largest absolute Gasteiger partial charge is 0.495 e. The molecule has 11 nitrogen and oxygen atoms in total. The molecule has 13 heteroatoms. The predicted octanol–water partition coefficient (Wildman–Crippen LogP) is 4.32. The smallest absolute Gasteiger partial charge is 0.326 e. The quantitative estimate of drug-likeness (QED) is 0.356. The van der Waals surface area contributed by atoms with Crippen LogP contribution in [0.1, 0.15) is 12.0 Å². The molecular weight excluding hydrogens is 499 g/mol. The van der Waals surface area contributed by atoms with Gasteiger partial charge in [0.1, 0.15) is 5.75 Å². The monoisotopic (exact) mass is 520 g/mol. The topological polar surface area (TPSA) is 139 Å². The van der Waals surface area contributed by atoms with Gasteiger partial charge in [-0.15, -0.1) is 0 Å². The van der Waals surface area contributed by atoms with Gasteiger partial charge in [0.05, 0.1) is 36.4 Å². The molecule has 0 aliphatic rings. The maximum atomic E-state index is 12.6. The highest BCUT2D eigenvalue weighted by atomic mass is 35.5. The number of halogens is 2. The Labute approximate surface area is 211 Å². The van der Waals surface area contributed by atoms with Crippen LogP contribution in [0.5, 0.6) is 11.8 Å². The lowest BCUT2D eigenvalue weighted by molar-refractivity contribution is -0.136. The number of ether oxygens (including phenoxy) is 2. The first-order chi connectivity index (χ1) is 16.8. The third kappa shape index (κ3) is 7.33. The molecule has 0 saturated carbocycles. The van der Waals surface area contributed by atoms with Crippen LogP contribution >= 0.6 is 23.2 Å². The van der Waals surface area contributed by atoms with Crippen LogP contribution in [0.25, 0.3) is 0 Å². The minimum absolute atomic E-state index is 0.0651. The number of para-hydroxylation sites is 2. The molecule has 0 aliphatic carbocycles. The van der Waals surface area contributed by atoms with Crippen molar-refractivity contribution in [3.63, 3.8) is 0 Å². The van der Waals surface area contributed by atoms with E-state index >= 15 is 0 Å². The van der Waals surface area contributed by atoms with Gasteiger partial charge < -0.3 is 24.8 Å². The number of hydrogen-bond donors (Lipinski definition) is 3. The number of urea groups is 1. The number of nitrogens with zero attached hydrogens (tertiary/aromatic N) is 4. The van der Waals surface area contributed by atoms with Crippen molar-refractivity contribution >= 4 is 52.8 Å². The normalized spacial score (nSPS) is 10.4. The average Bonchev–Trinajstić information content (AvgIpc) is 2.83. The van der Waals surface area contributed by atoms with Crippen molar-refractivity contribution in [2.45, 2.75) is 13.0 Å². The van der Waals surface area contributed by atoms with Gasteiger partial charge in [0, 0.05) is 13.1 Å². The van der Waals surface area contributed by atoms with Crippen molar-refractivity contribution in [2.75, 3.05) is 36.3 Å². The second kappa shape index (κ2) is 12.0. The first kappa shape index (κ1) is 25.8. The van der Waals surface area contributed by atoms with E-state index in [0.717, 1.165) is 5.56 Å². The fourth-order valence-corrected chi connectivity index (χ4v) is 3.30. The highest BCUT2D eigenvalue weighted by molar-refractivity contribution is 6.42. The number of nitrogens with one attached hydrogen (secondary N) is 2. The molecule has 0 atom stereocenters. The summed E-state index contributed by atoms with van der Waals surface area (Å²) < 4.78 is 10.4. The molecule has 2 amide bonds. The summed E-state index contributed by atoms with van der Waals surface area (Å²) >= 11 is 12.1. The number of anilines is 3. The number of carbonyl (C=O) groups is 2. The number of benzene rings is 2. The van der Waals surface area contributed by atoms with Crippen LogP contribution in [-0.4, -0.2) is 52.8 Å². The van der Waals surface area contributed by atoms with Crippen molar-refractivity contribution in [1.82, 2.24) is 15.0 Å². The molecule has 3 aromatic rings. The Balaban J connectivity index is 1.86. The van der Waals surface area contributed by atoms with Gasteiger partial charge >= 0.3 is 18.0 Å². The Morgan fingerprint density at radius 3 is 2.46 bits per heavy atom. The standard InChI is InChI=1S/C22H22Cl2N6O5/c1-34-17-6-4-3-5-16(17)25-21(33)27-19-26-20(29-22(28-19)35-2)30(10-9-18(31)32)12-13-7-8-14(23)15(24)11-13/h3-8,11H,9-10,12H2,1-2H3,(H,31,32)(H2,25,26,27,28,29,33). The lowest BCUT2D eigenvalue weighted by Crippen LogP contribution is -2.29. The summed E-state index contributed by atoms with van der Waals surface area (Å²) in [7, 11) is 2.85. The Kier molecular flexibility index (Phi) is 8.87. The van der Waals surface area contributed by atoms with E-state index in [1.54, 1.807) is 47.4 Å². The first-order valence-corrected chi connectivity index (χ1v) is 11.0. The average molecular weight is 521 g/mol. The van der Waals surface area contributed by atoms with E-state index < -0.39 is 12.0 Å². The molecule has 184 valence electrons. The fraction of sp³-hybridized carbons (Fsp3) is 0.227. The molecule has 35 heavy (non-hydrogen) atoms. The molecule has 1 heterocycles. The van der Waals surface area contributed by atoms with Gasteiger partial charge in [0.25, 0.3) is 0 Å². The van der Waals surface area contributed by atoms with Crippen molar-refractivity contribution in [3.05, 3.63) is 58.1 Å². The van der Waals surface area contributed by atoms with Crippen LogP contribution < -0.4 is 25.0 Å². The van der Waals surface area contributed by atoms with E-state index in [0.29, 0.717) is 21.5 Å². The van der Waals surface area contributed by atoms with Crippen molar-refractivity contribution < 1.29 is 24.2 Å². The zero-order valence-corrected chi connectivity index (χ0v) is 20.3. The number of aromatic nitrogens is 3. The Morgan fingerprint density at radius 1 is 1.00 bits per heavy atom. The molecule has 3 rings (SSSR count). The van der Waals surface area contributed by atoms with Crippen LogP contribution in [0.4, 0.5) is 22.4 Å². The van der Waals surface area contributed by atoms with Gasteiger partial charge in [-0.1, -0.05) is 41.4 Å². The van der Waals surface area contributed by atoms with Gasteiger partial charge in [-0.05, 0) is 29.8 Å². The zero-order valence-electron chi connectivity index (χ0n) is 18.8. The Bertz CT molecular complexity index is 1210. The lowest BCUT2D eigenvalue weighted by Gasteiger charge is -2.23. The van der Waals surface area contributed by atoms with Crippen LogP contribution in [0.15, 0.2) is 42.5 Å². The van der Waals surface area contributed by atoms with E-state index in [4.69, 9.17) is 32.7 Å². The van der Waals surface area contributed by atoms with E-state index in [1.165, 1.54) is 14.2 Å². The lowest BCUT2D eigenvalue weighted by atomic mass is 10.2. The van der Waals surface area contributed by atoms with Crippen molar-refractivity contribution in [1.29, 1.82) is 0 Å². The van der Waals surface area contributed by atoms with Crippen LogP contribution in [0.2, 0.25) is 10.0 Å². The summed E-state index contributed by atoms with van der Waals surface area (Å²) in [6.07, 6.45) is -0.188. The van der Waals surface area contributed by atoms with Gasteiger partial charge in [-0.2, -0.15) is 15.0 Å².